The summed E-state index contributed by atoms with van der Waals surface area (Å²) in [6, 6.07) is 0. The van der Waals surface area contributed by atoms with E-state index in [4.69, 9.17) is 0 Å². The van der Waals surface area contributed by atoms with Crippen LogP contribution in [0.5, 0.6) is 0 Å². The van der Waals surface area contributed by atoms with Crippen molar-refractivity contribution in [3.63, 3.8) is 0 Å². The van der Waals surface area contributed by atoms with Gasteiger partial charge in [0.05, 0.1) is 6.20 Å². The number of hydrogen-bond donors (Lipinski definition) is 2. The van der Waals surface area contributed by atoms with Gasteiger partial charge in [-0.1, -0.05) is 0 Å². The van der Waals surface area contributed by atoms with Gasteiger partial charge in [0.1, 0.15) is 0 Å². The van der Waals surface area contributed by atoms with Crippen LogP contribution >= 0.6 is 0 Å². The average molecular weight is 220 g/mol. The van der Waals surface area contributed by atoms with Gasteiger partial charge in [-0.25, -0.2) is 0 Å². The second-order valence-corrected chi connectivity index (χ2v) is 5.14. The van der Waals surface area contributed by atoms with Crippen molar-refractivity contribution < 1.29 is 0 Å². The lowest BCUT2D eigenvalue weighted by atomic mass is 9.86. The number of H-pyrrole nitrogens is 1. The van der Waals surface area contributed by atoms with Crippen LogP contribution in [0.3, 0.4) is 0 Å². The third-order valence-corrected chi connectivity index (χ3v) is 3.90. The Morgan fingerprint density at radius 3 is 3.00 bits per heavy atom. The third-order valence-electron chi connectivity index (χ3n) is 3.90. The Kier molecular flexibility index (Phi) is 2.93. The molecule has 0 bridgehead atoms. The third kappa shape index (κ3) is 2.13. The Hall–Kier alpha value is -0.870. The number of aromatic nitrogens is 2. The number of piperidine rings is 1. The highest BCUT2D eigenvalue weighted by molar-refractivity contribution is 5.12. The van der Waals surface area contributed by atoms with E-state index in [1.165, 1.54) is 44.6 Å². The molecule has 3 rings (SSSR count). The van der Waals surface area contributed by atoms with Gasteiger partial charge in [0, 0.05) is 19.3 Å². The van der Waals surface area contributed by atoms with Gasteiger partial charge in [0.25, 0.3) is 0 Å². The molecule has 16 heavy (non-hydrogen) atoms. The van der Waals surface area contributed by atoms with E-state index in [0.717, 1.165) is 12.5 Å². The predicted octanol–water partition coefficient (Wildman–Crippen LogP) is 0.808. The lowest BCUT2D eigenvalue weighted by molar-refractivity contribution is 0.137. The van der Waals surface area contributed by atoms with E-state index in [-0.39, 0.29) is 0 Å². The van der Waals surface area contributed by atoms with Crippen LogP contribution in [0, 0.1) is 5.92 Å². The molecule has 0 amide bonds. The second-order valence-electron chi connectivity index (χ2n) is 5.14. The number of nitrogens with zero attached hydrogens (tertiary/aromatic N) is 2. The van der Waals surface area contributed by atoms with Crippen LogP contribution in [-0.4, -0.2) is 47.8 Å². The highest BCUT2D eigenvalue weighted by Gasteiger charge is 2.26. The number of nitrogens with one attached hydrogen (secondary N) is 2. The summed E-state index contributed by atoms with van der Waals surface area (Å²) in [4.78, 5) is 2.57. The molecule has 2 aliphatic heterocycles. The minimum absolute atomic E-state index is 0.652. The average Bonchev–Trinajstić information content (AvgIpc) is 2.77. The fourth-order valence-electron chi connectivity index (χ4n) is 2.84. The number of rotatable bonds is 3. The summed E-state index contributed by atoms with van der Waals surface area (Å²) in [6.45, 7) is 6.20. The second kappa shape index (κ2) is 4.55. The molecular formula is C12H20N4. The fourth-order valence-corrected chi connectivity index (χ4v) is 2.84. The van der Waals surface area contributed by atoms with Crippen LogP contribution in [0.4, 0.5) is 0 Å². The van der Waals surface area contributed by atoms with Gasteiger partial charge < -0.3 is 10.2 Å². The van der Waals surface area contributed by atoms with Crippen molar-refractivity contribution in [2.24, 2.45) is 5.92 Å². The summed E-state index contributed by atoms with van der Waals surface area (Å²) in [6.07, 6.45) is 6.71. The summed E-state index contributed by atoms with van der Waals surface area (Å²) in [5.41, 5.74) is 1.36. The highest BCUT2D eigenvalue weighted by Crippen LogP contribution is 2.26. The van der Waals surface area contributed by atoms with E-state index in [2.05, 4.69) is 20.4 Å². The lowest BCUT2D eigenvalue weighted by Crippen LogP contribution is -2.45. The van der Waals surface area contributed by atoms with E-state index in [1.54, 1.807) is 0 Å². The highest BCUT2D eigenvalue weighted by atomic mass is 15.2. The van der Waals surface area contributed by atoms with Crippen LogP contribution in [0.1, 0.15) is 24.3 Å². The molecule has 2 atom stereocenters. The molecule has 0 saturated carbocycles. The maximum atomic E-state index is 4.05. The van der Waals surface area contributed by atoms with E-state index in [1.807, 2.05) is 12.4 Å². The molecule has 2 aliphatic rings. The molecule has 1 aromatic heterocycles. The van der Waals surface area contributed by atoms with Gasteiger partial charge in [-0.05, 0) is 49.9 Å². The van der Waals surface area contributed by atoms with Crippen molar-refractivity contribution in [2.75, 3.05) is 32.7 Å². The van der Waals surface area contributed by atoms with Crippen molar-refractivity contribution in [3.05, 3.63) is 18.0 Å². The molecular weight excluding hydrogens is 200 g/mol. The van der Waals surface area contributed by atoms with E-state index in [9.17, 15) is 0 Å². The number of likely N-dealkylation sites (tertiary alicyclic amines) is 1. The lowest BCUT2D eigenvalue weighted by Gasteiger charge is -2.37. The SMILES string of the molecule is c1n[nH]cc1C1CNCC(CN2CCC2)C1. The maximum absolute atomic E-state index is 4.05. The minimum Gasteiger partial charge on any atom is -0.316 e. The smallest absolute Gasteiger partial charge is 0.0522 e. The Bertz CT molecular complexity index is 318. The van der Waals surface area contributed by atoms with Gasteiger partial charge in [-0.2, -0.15) is 5.10 Å². The first-order valence-electron chi connectivity index (χ1n) is 6.33. The monoisotopic (exact) mass is 220 g/mol. The largest absolute Gasteiger partial charge is 0.316 e. The quantitative estimate of drug-likeness (QED) is 0.792. The fraction of sp³-hybridized carbons (Fsp3) is 0.750. The molecule has 3 heterocycles. The van der Waals surface area contributed by atoms with Gasteiger partial charge in [0.2, 0.25) is 0 Å². The zero-order valence-electron chi connectivity index (χ0n) is 9.65. The molecule has 0 spiro atoms. The molecule has 2 fully saturated rings. The van der Waals surface area contributed by atoms with Crippen LogP contribution in [-0.2, 0) is 0 Å². The van der Waals surface area contributed by atoms with Crippen LogP contribution in [0.2, 0.25) is 0 Å². The number of aromatic amines is 1. The van der Waals surface area contributed by atoms with E-state index >= 15 is 0 Å². The number of hydrogen-bond acceptors (Lipinski definition) is 3. The molecule has 2 unspecified atom stereocenters. The van der Waals surface area contributed by atoms with Crippen molar-refractivity contribution in [3.8, 4) is 0 Å². The van der Waals surface area contributed by atoms with Crippen LogP contribution in [0.25, 0.3) is 0 Å². The molecule has 0 radical (unpaired) electrons. The van der Waals surface area contributed by atoms with Crippen LogP contribution in [0.15, 0.2) is 12.4 Å². The summed E-state index contributed by atoms with van der Waals surface area (Å²) in [7, 11) is 0. The summed E-state index contributed by atoms with van der Waals surface area (Å²) >= 11 is 0. The van der Waals surface area contributed by atoms with Crippen LogP contribution < -0.4 is 5.32 Å². The Labute approximate surface area is 96.4 Å². The van der Waals surface area contributed by atoms with Gasteiger partial charge in [-0.3, -0.25) is 5.10 Å². The first-order valence-corrected chi connectivity index (χ1v) is 6.33. The molecule has 2 saturated heterocycles. The molecule has 0 aromatic carbocycles. The summed E-state index contributed by atoms with van der Waals surface area (Å²) in [5, 5.41) is 10.5. The van der Waals surface area contributed by atoms with E-state index in [0.29, 0.717) is 5.92 Å². The summed E-state index contributed by atoms with van der Waals surface area (Å²) < 4.78 is 0. The predicted molar refractivity (Wildman–Crippen MR) is 63.4 cm³/mol. The van der Waals surface area contributed by atoms with Gasteiger partial charge >= 0.3 is 0 Å². The minimum atomic E-state index is 0.652. The van der Waals surface area contributed by atoms with Crippen molar-refractivity contribution in [2.45, 2.75) is 18.8 Å². The van der Waals surface area contributed by atoms with Crippen molar-refractivity contribution >= 4 is 0 Å². The zero-order chi connectivity index (χ0) is 10.8. The standard InChI is InChI=1S/C12H20N4/c1-2-16(3-1)9-10-4-11(6-13-5-10)12-7-14-15-8-12/h7-8,10-11,13H,1-6,9H2,(H,14,15). The first-order chi connectivity index (χ1) is 7.92. The van der Waals surface area contributed by atoms with Crippen molar-refractivity contribution in [1.82, 2.24) is 20.4 Å². The molecule has 4 nitrogen and oxygen atoms in total. The van der Waals surface area contributed by atoms with E-state index < -0.39 is 0 Å². The molecule has 88 valence electrons. The van der Waals surface area contributed by atoms with Gasteiger partial charge in [0.15, 0.2) is 0 Å². The molecule has 4 heteroatoms. The molecule has 2 N–H and O–H groups in total. The summed E-state index contributed by atoms with van der Waals surface area (Å²) in [5.74, 6) is 1.47. The Morgan fingerprint density at radius 2 is 2.31 bits per heavy atom. The first kappa shape index (κ1) is 10.3. The zero-order valence-corrected chi connectivity index (χ0v) is 9.65. The molecule has 0 aliphatic carbocycles. The topological polar surface area (TPSA) is 44.0 Å². The molecule has 1 aromatic rings. The van der Waals surface area contributed by atoms with Crippen molar-refractivity contribution in [1.29, 1.82) is 0 Å². The Morgan fingerprint density at radius 1 is 1.38 bits per heavy atom. The van der Waals surface area contributed by atoms with Gasteiger partial charge in [-0.15, -0.1) is 0 Å². The normalized spacial score (nSPS) is 31.2. The Balaban J connectivity index is 1.56. The maximum Gasteiger partial charge on any atom is 0.0522 e.